The van der Waals surface area contributed by atoms with Gasteiger partial charge in [-0.25, -0.2) is 4.68 Å². The Morgan fingerprint density at radius 3 is 2.62 bits per heavy atom. The summed E-state index contributed by atoms with van der Waals surface area (Å²) < 4.78 is 12.1. The molecule has 0 saturated carbocycles. The van der Waals surface area contributed by atoms with Crippen molar-refractivity contribution in [2.75, 3.05) is 24.9 Å². The summed E-state index contributed by atoms with van der Waals surface area (Å²) in [5.41, 5.74) is 3.78. The van der Waals surface area contributed by atoms with Gasteiger partial charge in [-0.1, -0.05) is 29.8 Å². The molecule has 4 rings (SSSR count). The van der Waals surface area contributed by atoms with Crippen LogP contribution in [0.15, 0.2) is 42.5 Å². The van der Waals surface area contributed by atoms with Gasteiger partial charge in [0.1, 0.15) is 17.6 Å². The third-order valence-corrected chi connectivity index (χ3v) is 5.72. The molecule has 0 saturated heterocycles. The van der Waals surface area contributed by atoms with Crippen molar-refractivity contribution in [2.45, 2.75) is 26.0 Å². The van der Waals surface area contributed by atoms with Gasteiger partial charge in [0.25, 0.3) is 5.91 Å². The lowest BCUT2D eigenvalue weighted by atomic mass is 10.1. The van der Waals surface area contributed by atoms with Crippen LogP contribution in [0.2, 0.25) is 5.02 Å². The van der Waals surface area contributed by atoms with Gasteiger partial charge >= 0.3 is 0 Å². The molecule has 1 unspecified atom stereocenters. The van der Waals surface area contributed by atoms with Crippen LogP contribution in [0.3, 0.4) is 0 Å². The van der Waals surface area contributed by atoms with E-state index in [-0.39, 0.29) is 24.8 Å². The zero-order valence-corrected chi connectivity index (χ0v) is 18.7. The molecular formula is C23H23ClN4O4. The first-order chi connectivity index (χ1) is 15.4. The fourth-order valence-electron chi connectivity index (χ4n) is 3.67. The van der Waals surface area contributed by atoms with E-state index in [9.17, 15) is 9.59 Å². The zero-order valence-electron chi connectivity index (χ0n) is 17.9. The predicted octanol–water partition coefficient (Wildman–Crippen LogP) is 4.19. The predicted molar refractivity (Wildman–Crippen MR) is 122 cm³/mol. The third kappa shape index (κ3) is 4.19. The van der Waals surface area contributed by atoms with Crippen LogP contribution in [-0.4, -0.2) is 35.8 Å². The van der Waals surface area contributed by atoms with E-state index < -0.39 is 6.04 Å². The van der Waals surface area contributed by atoms with E-state index in [4.69, 9.17) is 21.1 Å². The van der Waals surface area contributed by atoms with Crippen LogP contribution in [-0.2, 0) is 20.9 Å². The van der Waals surface area contributed by atoms with Crippen molar-refractivity contribution in [3.63, 3.8) is 0 Å². The zero-order chi connectivity index (χ0) is 22.8. The van der Waals surface area contributed by atoms with Gasteiger partial charge in [0.15, 0.2) is 0 Å². The average Bonchev–Trinajstić information content (AvgIpc) is 3.26. The van der Waals surface area contributed by atoms with E-state index in [1.54, 1.807) is 31.0 Å². The van der Waals surface area contributed by atoms with Crippen LogP contribution in [0.25, 0.3) is 11.1 Å². The molecule has 32 heavy (non-hydrogen) atoms. The number of halogens is 1. The van der Waals surface area contributed by atoms with E-state index in [2.05, 4.69) is 15.7 Å². The first-order valence-electron chi connectivity index (χ1n) is 10.0. The van der Waals surface area contributed by atoms with Crippen LogP contribution in [0, 0.1) is 6.92 Å². The highest BCUT2D eigenvalue weighted by atomic mass is 35.5. The summed E-state index contributed by atoms with van der Waals surface area (Å²) >= 11 is 6.14. The lowest BCUT2D eigenvalue weighted by Gasteiger charge is -2.11. The van der Waals surface area contributed by atoms with Crippen molar-refractivity contribution in [3.8, 4) is 16.9 Å². The Bertz CT molecular complexity index is 1170. The molecule has 0 aliphatic carbocycles. The number of fused-ring (bicyclic) bond motifs is 1. The molecule has 0 bridgehead atoms. The SMILES string of the molecule is COCc1nn2c(c1-c1ccc(OC)cc1)NC(=O)C2CC(=O)Nc1ccc(C)c(Cl)c1. The second-order valence-electron chi connectivity index (χ2n) is 7.50. The molecular weight excluding hydrogens is 432 g/mol. The lowest BCUT2D eigenvalue weighted by Crippen LogP contribution is -2.24. The molecule has 9 heteroatoms. The molecule has 166 valence electrons. The first-order valence-corrected chi connectivity index (χ1v) is 10.4. The minimum Gasteiger partial charge on any atom is -0.497 e. The van der Waals surface area contributed by atoms with Crippen LogP contribution >= 0.6 is 11.6 Å². The monoisotopic (exact) mass is 454 g/mol. The summed E-state index contributed by atoms with van der Waals surface area (Å²) in [7, 11) is 3.18. The summed E-state index contributed by atoms with van der Waals surface area (Å²) in [5, 5.41) is 10.8. The highest BCUT2D eigenvalue weighted by Gasteiger charge is 2.37. The molecule has 1 atom stereocenters. The van der Waals surface area contributed by atoms with Gasteiger partial charge in [0, 0.05) is 23.4 Å². The quantitative estimate of drug-likeness (QED) is 0.558. The number of benzene rings is 2. The second-order valence-corrected chi connectivity index (χ2v) is 7.90. The average molecular weight is 455 g/mol. The molecule has 2 N–H and O–H groups in total. The molecule has 8 nitrogen and oxygen atoms in total. The summed E-state index contributed by atoms with van der Waals surface area (Å²) in [6.07, 6.45) is -0.0690. The molecule has 1 aliphatic heterocycles. The van der Waals surface area contributed by atoms with E-state index in [0.717, 1.165) is 22.4 Å². The fourth-order valence-corrected chi connectivity index (χ4v) is 3.85. The molecule has 2 aromatic carbocycles. The maximum Gasteiger partial charge on any atom is 0.251 e. The number of hydrogen-bond acceptors (Lipinski definition) is 5. The number of aromatic nitrogens is 2. The Morgan fingerprint density at radius 2 is 1.97 bits per heavy atom. The molecule has 1 aromatic heterocycles. The number of hydrogen-bond donors (Lipinski definition) is 2. The Balaban J connectivity index is 1.61. The van der Waals surface area contributed by atoms with Crippen LogP contribution in [0.4, 0.5) is 11.5 Å². The van der Waals surface area contributed by atoms with Crippen LogP contribution < -0.4 is 15.4 Å². The number of anilines is 2. The van der Waals surface area contributed by atoms with E-state index >= 15 is 0 Å². The van der Waals surface area contributed by atoms with Gasteiger partial charge in [-0.15, -0.1) is 0 Å². The van der Waals surface area contributed by atoms with Gasteiger partial charge in [-0.05, 0) is 42.3 Å². The maximum absolute atomic E-state index is 12.7. The van der Waals surface area contributed by atoms with Gasteiger partial charge in [-0.3, -0.25) is 9.59 Å². The number of nitrogens with zero attached hydrogens (tertiary/aromatic N) is 2. The lowest BCUT2D eigenvalue weighted by molar-refractivity contribution is -0.123. The number of carbonyl (C=O) groups is 2. The Kier molecular flexibility index (Phi) is 6.16. The topological polar surface area (TPSA) is 94.5 Å². The minimum atomic E-state index is -0.770. The molecule has 2 heterocycles. The highest BCUT2D eigenvalue weighted by Crippen LogP contribution is 2.39. The Hall–Kier alpha value is -3.36. The number of aryl methyl sites for hydroxylation is 1. The fraction of sp³-hybridized carbons (Fsp3) is 0.261. The van der Waals surface area contributed by atoms with Crippen molar-refractivity contribution in [2.24, 2.45) is 0 Å². The number of amides is 2. The second kappa shape index (κ2) is 9.02. The van der Waals surface area contributed by atoms with Gasteiger partial charge in [0.05, 0.1) is 25.8 Å². The van der Waals surface area contributed by atoms with Crippen LogP contribution in [0.5, 0.6) is 5.75 Å². The Morgan fingerprint density at radius 1 is 1.22 bits per heavy atom. The third-order valence-electron chi connectivity index (χ3n) is 5.32. The van der Waals surface area contributed by atoms with Crippen LogP contribution in [0.1, 0.15) is 23.7 Å². The van der Waals surface area contributed by atoms with E-state index in [0.29, 0.717) is 22.2 Å². The van der Waals surface area contributed by atoms with Gasteiger partial charge in [-0.2, -0.15) is 5.10 Å². The summed E-state index contributed by atoms with van der Waals surface area (Å²) in [6.45, 7) is 2.14. The smallest absolute Gasteiger partial charge is 0.251 e. The molecule has 1 aliphatic rings. The molecule has 0 fully saturated rings. The number of methoxy groups -OCH3 is 2. The van der Waals surface area contributed by atoms with E-state index in [1.165, 1.54) is 0 Å². The van der Waals surface area contributed by atoms with Crippen molar-refractivity contribution >= 4 is 34.9 Å². The molecule has 2 amide bonds. The Labute approximate surface area is 190 Å². The standard InChI is InChI=1S/C23H23ClN4O4/c1-13-4-7-15(10-17(13)24)25-20(29)11-19-23(30)26-22-21(18(12-31-2)27-28(19)22)14-5-8-16(32-3)9-6-14/h4-10,19H,11-12H2,1-3H3,(H,25,29)(H,26,30). The molecule has 0 spiro atoms. The summed E-state index contributed by atoms with van der Waals surface area (Å²) in [6, 6.07) is 12.0. The highest BCUT2D eigenvalue weighted by molar-refractivity contribution is 6.31. The normalized spacial score (nSPS) is 14.8. The van der Waals surface area contributed by atoms with Crippen molar-refractivity contribution in [1.29, 1.82) is 0 Å². The largest absolute Gasteiger partial charge is 0.497 e. The number of ether oxygens (including phenoxy) is 2. The number of nitrogens with one attached hydrogen (secondary N) is 2. The van der Waals surface area contributed by atoms with Gasteiger partial charge in [0.2, 0.25) is 5.91 Å². The first kappa shape index (κ1) is 21.9. The molecule has 0 radical (unpaired) electrons. The maximum atomic E-state index is 12.7. The van der Waals surface area contributed by atoms with Crippen molar-refractivity contribution < 1.29 is 19.1 Å². The van der Waals surface area contributed by atoms with Crippen molar-refractivity contribution in [1.82, 2.24) is 9.78 Å². The summed E-state index contributed by atoms with van der Waals surface area (Å²) in [5.74, 6) is 0.667. The summed E-state index contributed by atoms with van der Waals surface area (Å²) in [4.78, 5) is 25.4. The van der Waals surface area contributed by atoms with Crippen molar-refractivity contribution in [3.05, 3.63) is 58.7 Å². The van der Waals surface area contributed by atoms with E-state index in [1.807, 2.05) is 37.3 Å². The minimum absolute atomic E-state index is 0.0690. The molecule has 3 aromatic rings. The van der Waals surface area contributed by atoms with Gasteiger partial charge < -0.3 is 20.1 Å². The number of carbonyl (C=O) groups excluding carboxylic acids is 2. The number of rotatable bonds is 7.